The van der Waals surface area contributed by atoms with Gasteiger partial charge in [0.1, 0.15) is 5.82 Å². The van der Waals surface area contributed by atoms with Gasteiger partial charge in [-0.25, -0.2) is 17.1 Å². The van der Waals surface area contributed by atoms with Crippen molar-refractivity contribution in [3.05, 3.63) is 35.6 Å². The summed E-state index contributed by atoms with van der Waals surface area (Å²) >= 11 is 0. The number of primary amides is 1. The fraction of sp³-hybridized carbons (Fsp3) is 0.533. The highest BCUT2D eigenvalue weighted by molar-refractivity contribution is 7.88. The molecule has 1 fully saturated rings. The van der Waals surface area contributed by atoms with E-state index in [2.05, 4.69) is 0 Å². The van der Waals surface area contributed by atoms with Crippen LogP contribution in [-0.2, 0) is 21.2 Å². The number of rotatable bonds is 5. The summed E-state index contributed by atoms with van der Waals surface area (Å²) in [6, 6.07) is 6.27. The van der Waals surface area contributed by atoms with Gasteiger partial charge in [-0.2, -0.15) is 0 Å². The number of nitrogens with two attached hydrogens (primary N) is 1. The first-order valence-electron chi connectivity index (χ1n) is 7.47. The summed E-state index contributed by atoms with van der Waals surface area (Å²) in [6.07, 6.45) is 1.84. The monoisotopic (exact) mass is 343 g/mol. The first-order chi connectivity index (χ1) is 10.8. The minimum Gasteiger partial charge on any atom is -0.369 e. The van der Waals surface area contributed by atoms with Gasteiger partial charge < -0.3 is 10.6 Å². The minimum absolute atomic E-state index is 0.126. The number of amides is 1. The van der Waals surface area contributed by atoms with Gasteiger partial charge in [-0.15, -0.1) is 0 Å². The molecule has 6 nitrogen and oxygen atoms in total. The van der Waals surface area contributed by atoms with Crippen LogP contribution in [0.4, 0.5) is 4.39 Å². The second-order valence-corrected chi connectivity index (χ2v) is 7.88. The molecule has 0 spiro atoms. The maximum atomic E-state index is 12.9. The lowest BCUT2D eigenvalue weighted by molar-refractivity contribution is -0.122. The highest BCUT2D eigenvalue weighted by atomic mass is 32.2. The van der Waals surface area contributed by atoms with E-state index in [9.17, 15) is 17.6 Å². The molecule has 1 aromatic rings. The van der Waals surface area contributed by atoms with Crippen molar-refractivity contribution in [1.82, 2.24) is 9.21 Å². The van der Waals surface area contributed by atoms with Crippen molar-refractivity contribution in [1.29, 1.82) is 0 Å². The van der Waals surface area contributed by atoms with Crippen molar-refractivity contribution in [2.24, 2.45) is 11.7 Å². The first-order valence-corrected chi connectivity index (χ1v) is 9.32. The number of nitrogens with zero attached hydrogens (tertiary/aromatic N) is 2. The van der Waals surface area contributed by atoms with Crippen LogP contribution >= 0.6 is 0 Å². The summed E-state index contributed by atoms with van der Waals surface area (Å²) in [5.41, 5.74) is 6.39. The van der Waals surface area contributed by atoms with Crippen molar-refractivity contribution in [2.75, 3.05) is 39.0 Å². The van der Waals surface area contributed by atoms with E-state index >= 15 is 0 Å². The van der Waals surface area contributed by atoms with Gasteiger partial charge in [-0.05, 0) is 24.1 Å². The second-order valence-electron chi connectivity index (χ2n) is 5.90. The Morgan fingerprint density at radius 2 is 1.91 bits per heavy atom. The average Bonchev–Trinajstić information content (AvgIpc) is 2.69. The lowest BCUT2D eigenvalue weighted by Gasteiger charge is -2.22. The Morgan fingerprint density at radius 1 is 1.26 bits per heavy atom. The highest BCUT2D eigenvalue weighted by Crippen LogP contribution is 2.13. The number of hydrogen-bond acceptors (Lipinski definition) is 4. The number of halogens is 1. The number of hydrogen-bond donors (Lipinski definition) is 1. The molecule has 128 valence electrons. The standard InChI is InChI=1S/C15H22FN3O3S/c1-23(21,22)19-9-8-18(10-13(11-19)15(17)20)7-6-12-2-4-14(16)5-3-12/h2-5,13H,6-11H2,1H3,(H2,17,20). The predicted molar refractivity (Wildman–Crippen MR) is 85.6 cm³/mol. The maximum Gasteiger partial charge on any atom is 0.223 e. The molecular weight excluding hydrogens is 321 g/mol. The quantitative estimate of drug-likeness (QED) is 0.819. The molecule has 1 unspecified atom stereocenters. The third-order valence-electron chi connectivity index (χ3n) is 4.07. The predicted octanol–water partition coefficient (Wildman–Crippen LogP) is 0.0469. The lowest BCUT2D eigenvalue weighted by atomic mass is 10.1. The molecule has 0 saturated carbocycles. The molecule has 1 aromatic carbocycles. The van der Waals surface area contributed by atoms with Gasteiger partial charge in [0.05, 0.1) is 12.2 Å². The van der Waals surface area contributed by atoms with Crippen molar-refractivity contribution in [3.8, 4) is 0 Å². The summed E-state index contributed by atoms with van der Waals surface area (Å²) in [6.45, 7) is 2.10. The molecule has 1 amide bonds. The van der Waals surface area contributed by atoms with Gasteiger partial charge in [0.2, 0.25) is 15.9 Å². The summed E-state index contributed by atoms with van der Waals surface area (Å²) in [5, 5.41) is 0. The molecule has 1 heterocycles. The molecule has 8 heteroatoms. The third-order valence-corrected chi connectivity index (χ3v) is 5.34. The Bertz CT molecular complexity index is 648. The summed E-state index contributed by atoms with van der Waals surface area (Å²) < 4.78 is 37.7. The van der Waals surface area contributed by atoms with E-state index < -0.39 is 21.8 Å². The zero-order valence-corrected chi connectivity index (χ0v) is 13.9. The van der Waals surface area contributed by atoms with Gasteiger partial charge in [0, 0.05) is 32.7 Å². The molecule has 1 atom stereocenters. The van der Waals surface area contributed by atoms with E-state index in [-0.39, 0.29) is 12.4 Å². The molecule has 0 aromatic heterocycles. The van der Waals surface area contributed by atoms with Crippen LogP contribution in [0.1, 0.15) is 5.56 Å². The van der Waals surface area contributed by atoms with E-state index in [0.717, 1.165) is 11.8 Å². The Balaban J connectivity index is 2.01. The van der Waals surface area contributed by atoms with Gasteiger partial charge in [-0.1, -0.05) is 12.1 Å². The number of sulfonamides is 1. The summed E-state index contributed by atoms with van der Waals surface area (Å²) in [7, 11) is -3.35. The molecule has 0 bridgehead atoms. The summed E-state index contributed by atoms with van der Waals surface area (Å²) in [5.74, 6) is -1.30. The van der Waals surface area contributed by atoms with Gasteiger partial charge in [0.25, 0.3) is 0 Å². The molecular formula is C15H22FN3O3S. The van der Waals surface area contributed by atoms with E-state index in [1.54, 1.807) is 12.1 Å². The third kappa shape index (κ3) is 5.26. The average molecular weight is 343 g/mol. The van der Waals surface area contributed by atoms with E-state index in [0.29, 0.717) is 32.6 Å². The first kappa shape index (κ1) is 17.8. The van der Waals surface area contributed by atoms with Crippen LogP contribution < -0.4 is 5.73 Å². The molecule has 0 radical (unpaired) electrons. The van der Waals surface area contributed by atoms with Gasteiger partial charge in [-0.3, -0.25) is 4.79 Å². The van der Waals surface area contributed by atoms with Crippen molar-refractivity contribution < 1.29 is 17.6 Å². The lowest BCUT2D eigenvalue weighted by Crippen LogP contribution is -2.40. The fourth-order valence-electron chi connectivity index (χ4n) is 2.67. The van der Waals surface area contributed by atoms with E-state index in [4.69, 9.17) is 5.73 Å². The molecule has 23 heavy (non-hydrogen) atoms. The molecule has 2 N–H and O–H groups in total. The fourth-order valence-corrected chi connectivity index (χ4v) is 3.54. The molecule has 0 aliphatic carbocycles. The number of benzene rings is 1. The maximum absolute atomic E-state index is 12.9. The molecule has 1 aliphatic rings. The van der Waals surface area contributed by atoms with Gasteiger partial charge in [0.15, 0.2) is 0 Å². The highest BCUT2D eigenvalue weighted by Gasteiger charge is 2.30. The second kappa shape index (κ2) is 7.37. The molecule has 2 rings (SSSR count). The number of carbonyl (C=O) groups excluding carboxylic acids is 1. The van der Waals surface area contributed by atoms with E-state index in [1.165, 1.54) is 16.4 Å². The van der Waals surface area contributed by atoms with Gasteiger partial charge >= 0.3 is 0 Å². The minimum atomic E-state index is -3.35. The van der Waals surface area contributed by atoms with Crippen molar-refractivity contribution in [2.45, 2.75) is 6.42 Å². The van der Waals surface area contributed by atoms with Crippen LogP contribution in [0.25, 0.3) is 0 Å². The van der Waals surface area contributed by atoms with E-state index in [1.807, 2.05) is 4.90 Å². The zero-order valence-electron chi connectivity index (χ0n) is 13.1. The Labute approximate surface area is 136 Å². The topological polar surface area (TPSA) is 83.7 Å². The Kier molecular flexibility index (Phi) is 5.72. The normalized spacial score (nSPS) is 21.0. The van der Waals surface area contributed by atoms with Crippen LogP contribution in [0.15, 0.2) is 24.3 Å². The van der Waals surface area contributed by atoms with Crippen molar-refractivity contribution in [3.63, 3.8) is 0 Å². The zero-order chi connectivity index (χ0) is 17.0. The molecule has 1 aliphatic heterocycles. The smallest absolute Gasteiger partial charge is 0.223 e. The van der Waals surface area contributed by atoms with Crippen LogP contribution in [-0.4, -0.2) is 62.5 Å². The summed E-state index contributed by atoms with van der Waals surface area (Å²) in [4.78, 5) is 13.6. The number of carbonyl (C=O) groups is 1. The Hall–Kier alpha value is -1.51. The van der Waals surface area contributed by atoms with Crippen LogP contribution in [0.3, 0.4) is 0 Å². The van der Waals surface area contributed by atoms with Crippen LogP contribution in [0, 0.1) is 11.7 Å². The largest absolute Gasteiger partial charge is 0.369 e. The molecule has 1 saturated heterocycles. The van der Waals surface area contributed by atoms with Crippen molar-refractivity contribution >= 4 is 15.9 Å². The SMILES string of the molecule is CS(=O)(=O)N1CCN(CCc2ccc(F)cc2)CC(C(N)=O)C1. The van der Waals surface area contributed by atoms with Crippen LogP contribution in [0.2, 0.25) is 0 Å². The van der Waals surface area contributed by atoms with Crippen LogP contribution in [0.5, 0.6) is 0 Å². The Morgan fingerprint density at radius 3 is 2.48 bits per heavy atom.